The van der Waals surface area contributed by atoms with E-state index in [0.717, 1.165) is 17.4 Å². The van der Waals surface area contributed by atoms with Gasteiger partial charge in [0.25, 0.3) is 0 Å². The third-order valence-electron chi connectivity index (χ3n) is 4.37. The molecule has 2 unspecified atom stereocenters. The predicted molar refractivity (Wildman–Crippen MR) is 96.4 cm³/mol. The van der Waals surface area contributed by atoms with E-state index in [2.05, 4.69) is 11.6 Å². The molecule has 4 nitrogen and oxygen atoms in total. The average molecular weight is 320 g/mol. The van der Waals surface area contributed by atoms with Crippen LogP contribution in [-0.4, -0.2) is 15.2 Å². The van der Waals surface area contributed by atoms with Crippen molar-refractivity contribution in [3.8, 4) is 5.75 Å². The van der Waals surface area contributed by atoms with Gasteiger partial charge in [-0.1, -0.05) is 43.0 Å². The lowest BCUT2D eigenvalue weighted by atomic mass is 9.80. The van der Waals surface area contributed by atoms with Crippen molar-refractivity contribution in [3.63, 3.8) is 0 Å². The second-order valence-corrected chi connectivity index (χ2v) is 5.86. The highest BCUT2D eigenvalue weighted by atomic mass is 16.3. The summed E-state index contributed by atoms with van der Waals surface area (Å²) in [6.45, 7) is 3.69. The first-order valence-electron chi connectivity index (χ1n) is 7.83. The SMILES string of the molecule is C=C/C=C\C1C(N)=C(O)C=CC1Cc1ccc(O)c2ncccc12. The predicted octanol–water partition coefficient (Wildman–Crippen LogP) is 3.76. The molecule has 1 aliphatic rings. The summed E-state index contributed by atoms with van der Waals surface area (Å²) in [5.41, 5.74) is 8.22. The third-order valence-corrected chi connectivity index (χ3v) is 4.37. The number of benzene rings is 1. The highest BCUT2D eigenvalue weighted by Crippen LogP contribution is 2.33. The van der Waals surface area contributed by atoms with Crippen molar-refractivity contribution in [2.24, 2.45) is 17.6 Å². The normalized spacial score (nSPS) is 20.8. The highest BCUT2D eigenvalue weighted by Gasteiger charge is 2.25. The molecule has 0 bridgehead atoms. The number of hydrogen-bond acceptors (Lipinski definition) is 4. The Morgan fingerprint density at radius 1 is 1.25 bits per heavy atom. The molecule has 1 aromatic heterocycles. The van der Waals surface area contributed by atoms with Gasteiger partial charge in [-0.2, -0.15) is 0 Å². The lowest BCUT2D eigenvalue weighted by Gasteiger charge is -2.26. The number of nitrogens with zero attached hydrogens (tertiary/aromatic N) is 1. The zero-order chi connectivity index (χ0) is 17.1. The molecule has 0 spiro atoms. The maximum Gasteiger partial charge on any atom is 0.141 e. The van der Waals surface area contributed by atoms with E-state index in [9.17, 15) is 10.2 Å². The number of allylic oxidation sites excluding steroid dienone is 5. The number of pyridine rings is 1. The summed E-state index contributed by atoms with van der Waals surface area (Å²) < 4.78 is 0. The Labute approximate surface area is 141 Å². The zero-order valence-corrected chi connectivity index (χ0v) is 13.3. The van der Waals surface area contributed by atoms with Gasteiger partial charge in [0.2, 0.25) is 0 Å². The van der Waals surface area contributed by atoms with Gasteiger partial charge in [0.1, 0.15) is 17.0 Å². The van der Waals surface area contributed by atoms with Crippen molar-refractivity contribution in [2.45, 2.75) is 6.42 Å². The molecule has 1 aliphatic carbocycles. The Hall–Kier alpha value is -3.01. The van der Waals surface area contributed by atoms with Crippen LogP contribution in [0.5, 0.6) is 5.75 Å². The van der Waals surface area contributed by atoms with Gasteiger partial charge >= 0.3 is 0 Å². The number of aliphatic hydroxyl groups excluding tert-OH is 1. The van der Waals surface area contributed by atoms with Crippen LogP contribution in [0.15, 0.2) is 78.9 Å². The third kappa shape index (κ3) is 2.91. The minimum atomic E-state index is -0.103. The fraction of sp³-hybridized carbons (Fsp3) is 0.150. The highest BCUT2D eigenvalue weighted by molar-refractivity contribution is 5.87. The number of aromatic nitrogens is 1. The molecule has 0 aliphatic heterocycles. The Kier molecular flexibility index (Phi) is 4.38. The van der Waals surface area contributed by atoms with Gasteiger partial charge in [0, 0.05) is 17.5 Å². The van der Waals surface area contributed by atoms with E-state index in [0.29, 0.717) is 11.2 Å². The Bertz CT molecular complexity index is 865. The van der Waals surface area contributed by atoms with Crippen LogP contribution in [0, 0.1) is 11.8 Å². The largest absolute Gasteiger partial charge is 0.506 e. The van der Waals surface area contributed by atoms with Crippen LogP contribution >= 0.6 is 0 Å². The van der Waals surface area contributed by atoms with Gasteiger partial charge in [-0.05, 0) is 36.1 Å². The molecule has 24 heavy (non-hydrogen) atoms. The standard InChI is InChI=1S/C20H20N2O2/c1-2-3-5-15-13(7-9-17(23)19(15)21)12-14-8-10-18(24)20-16(14)6-4-11-22-20/h2-11,13,15,23-24H,1,12,21H2/b5-3-. The second-order valence-electron chi connectivity index (χ2n) is 5.86. The van der Waals surface area contributed by atoms with Crippen molar-refractivity contribution in [1.82, 2.24) is 4.98 Å². The van der Waals surface area contributed by atoms with Crippen LogP contribution in [0.1, 0.15) is 5.56 Å². The first-order valence-corrected chi connectivity index (χ1v) is 7.83. The molecular formula is C20H20N2O2. The van der Waals surface area contributed by atoms with E-state index in [1.165, 1.54) is 0 Å². The molecule has 3 rings (SSSR count). The summed E-state index contributed by atoms with van der Waals surface area (Å²) in [7, 11) is 0. The molecule has 0 amide bonds. The minimum absolute atomic E-state index is 0.102. The number of aliphatic hydroxyl groups is 1. The zero-order valence-electron chi connectivity index (χ0n) is 13.3. The summed E-state index contributed by atoms with van der Waals surface area (Å²) in [4.78, 5) is 4.26. The lowest BCUT2D eigenvalue weighted by molar-refractivity contribution is 0.392. The molecule has 4 N–H and O–H groups in total. The van der Waals surface area contributed by atoms with Gasteiger partial charge in [-0.15, -0.1) is 0 Å². The van der Waals surface area contributed by atoms with Crippen molar-refractivity contribution in [2.75, 3.05) is 0 Å². The van der Waals surface area contributed by atoms with Crippen molar-refractivity contribution in [3.05, 3.63) is 84.4 Å². The summed E-state index contributed by atoms with van der Waals surface area (Å²) in [6, 6.07) is 7.39. The smallest absolute Gasteiger partial charge is 0.141 e. The van der Waals surface area contributed by atoms with Crippen molar-refractivity contribution < 1.29 is 10.2 Å². The first-order chi connectivity index (χ1) is 11.6. The van der Waals surface area contributed by atoms with Gasteiger partial charge < -0.3 is 15.9 Å². The van der Waals surface area contributed by atoms with Crippen molar-refractivity contribution >= 4 is 10.9 Å². The number of phenols is 1. The van der Waals surface area contributed by atoms with Gasteiger partial charge in [0.05, 0.1) is 5.70 Å². The first kappa shape index (κ1) is 15.9. The number of phenolic OH excluding ortho intramolecular Hbond substituents is 1. The molecule has 0 fully saturated rings. The quantitative estimate of drug-likeness (QED) is 0.750. The van der Waals surface area contributed by atoms with E-state index in [1.807, 2.05) is 36.4 Å². The van der Waals surface area contributed by atoms with Crippen molar-refractivity contribution in [1.29, 1.82) is 0 Å². The van der Waals surface area contributed by atoms with Crippen LogP contribution in [-0.2, 0) is 6.42 Å². The lowest BCUT2D eigenvalue weighted by Crippen LogP contribution is -2.24. The number of fused-ring (bicyclic) bond motifs is 1. The molecular weight excluding hydrogens is 300 g/mol. The van der Waals surface area contributed by atoms with Crippen LogP contribution in [0.25, 0.3) is 10.9 Å². The number of aromatic hydroxyl groups is 1. The molecule has 2 atom stereocenters. The average Bonchev–Trinajstić information content (AvgIpc) is 2.60. The Balaban J connectivity index is 1.98. The van der Waals surface area contributed by atoms with E-state index < -0.39 is 0 Å². The minimum Gasteiger partial charge on any atom is -0.506 e. The van der Waals surface area contributed by atoms with Gasteiger partial charge in [-0.25, -0.2) is 0 Å². The fourth-order valence-electron chi connectivity index (χ4n) is 3.12. The van der Waals surface area contributed by atoms with E-state index in [4.69, 9.17) is 5.73 Å². The van der Waals surface area contributed by atoms with Crippen LogP contribution in [0.2, 0.25) is 0 Å². The topological polar surface area (TPSA) is 79.4 Å². The number of rotatable bonds is 4. The number of nitrogens with two attached hydrogens (primary N) is 1. The fourth-order valence-corrected chi connectivity index (χ4v) is 3.12. The van der Waals surface area contributed by atoms with Crippen LogP contribution in [0.4, 0.5) is 0 Å². The summed E-state index contributed by atoms with van der Waals surface area (Å²) in [6.07, 6.45) is 11.5. The molecule has 1 heterocycles. The van der Waals surface area contributed by atoms with Crippen LogP contribution in [0.3, 0.4) is 0 Å². The number of hydrogen-bond donors (Lipinski definition) is 3. The monoisotopic (exact) mass is 320 g/mol. The summed E-state index contributed by atoms with van der Waals surface area (Å²) in [5.74, 6) is 0.287. The molecule has 122 valence electrons. The van der Waals surface area contributed by atoms with E-state index in [-0.39, 0.29) is 23.3 Å². The van der Waals surface area contributed by atoms with E-state index >= 15 is 0 Å². The maximum absolute atomic E-state index is 9.99. The molecule has 0 saturated heterocycles. The van der Waals surface area contributed by atoms with Gasteiger partial charge in [-0.3, -0.25) is 4.98 Å². The Morgan fingerprint density at radius 3 is 2.88 bits per heavy atom. The molecule has 0 radical (unpaired) electrons. The maximum atomic E-state index is 9.99. The molecule has 4 heteroatoms. The molecule has 1 aromatic carbocycles. The van der Waals surface area contributed by atoms with Crippen LogP contribution < -0.4 is 5.73 Å². The Morgan fingerprint density at radius 2 is 2.08 bits per heavy atom. The summed E-state index contributed by atoms with van der Waals surface area (Å²) >= 11 is 0. The molecule has 2 aromatic rings. The van der Waals surface area contributed by atoms with Gasteiger partial charge in [0.15, 0.2) is 0 Å². The van der Waals surface area contributed by atoms with E-state index in [1.54, 1.807) is 24.4 Å². The second kappa shape index (κ2) is 6.62. The molecule has 0 saturated carbocycles. The summed E-state index contributed by atoms with van der Waals surface area (Å²) in [5, 5.41) is 20.8.